The first-order chi connectivity index (χ1) is 47.2. The van der Waals surface area contributed by atoms with Crippen molar-refractivity contribution in [2.45, 2.75) is 269 Å². The van der Waals surface area contributed by atoms with Gasteiger partial charge in [-0.2, -0.15) is 0 Å². The van der Waals surface area contributed by atoms with Crippen LogP contribution < -0.4 is 0 Å². The van der Waals surface area contributed by atoms with E-state index in [0.717, 1.165) is 31.3 Å². The molecular formula is C75H110O21Si2. The minimum Gasteiger partial charge on any atom is -0.455 e. The number of methoxy groups -OCH3 is 1. The maximum absolute atomic E-state index is 15.8. The SMILES string of the molecule is C1CCOC1.CC[Si](CC)(CC)O[C@H]1C(=O)[C@@]2(C)[C@H]([C@H](OC(=O)c3ccccc3)[C@]3(O)C[C@H](O)C(C)=C1C3(C)C)[C@]1(OC(C)=O)CO[C@@H]1C[C@@H]2O.[2H]C([2H])([2H])O[C@H]1C[C@H]2OC[C@@]2(OC(C)=O)[C@H]2[C@H](OC(=O)c3ccccc3)[C@]3(O)C[C@H](O)C(C)=C([C@@H](O[Si](CC)(CC)CC)C(=O)[C@]12C)C3(C)C. The highest BCUT2D eigenvalue weighted by molar-refractivity contribution is 6.74. The Morgan fingerprint density at radius 3 is 1.27 bits per heavy atom. The molecule has 3 heterocycles. The highest BCUT2D eigenvalue weighted by Crippen LogP contribution is 2.67. The van der Waals surface area contributed by atoms with Crippen LogP contribution in [0.25, 0.3) is 0 Å². The number of ketones is 2. The number of carbonyl (C=O) groups excluding carboxylic acids is 6. The van der Waals surface area contributed by atoms with Gasteiger partial charge in [0.1, 0.15) is 47.8 Å². The molecule has 3 saturated heterocycles. The quantitative estimate of drug-likeness (QED) is 0.0426. The molecule has 2 aromatic rings. The predicted octanol–water partition coefficient (Wildman–Crippen LogP) is 9.67. The molecule has 6 aliphatic carbocycles. The van der Waals surface area contributed by atoms with Crippen LogP contribution in [0.2, 0.25) is 36.3 Å². The molecule has 23 heteroatoms. The lowest BCUT2D eigenvalue weighted by atomic mass is 9.44. The van der Waals surface area contributed by atoms with Gasteiger partial charge in [0, 0.05) is 70.6 Å². The highest BCUT2D eigenvalue weighted by atomic mass is 28.4. The van der Waals surface area contributed by atoms with E-state index < -0.39 is 176 Å². The molecule has 2 aromatic carbocycles. The molecule has 7 fully saturated rings. The number of hydrogen-bond acceptors (Lipinski definition) is 21. The van der Waals surface area contributed by atoms with E-state index in [4.69, 9.17) is 50.9 Å². The van der Waals surface area contributed by atoms with Gasteiger partial charge in [0.15, 0.2) is 39.4 Å². The summed E-state index contributed by atoms with van der Waals surface area (Å²) in [5.41, 5.74) is -11.4. The second-order valence-electron chi connectivity index (χ2n) is 30.5. The first-order valence-electron chi connectivity index (χ1n) is 36.9. The van der Waals surface area contributed by atoms with Gasteiger partial charge in [-0.05, 0) is 123 Å². The first-order valence-corrected chi connectivity index (χ1v) is 40.5. The molecule has 0 aromatic heterocycles. The second-order valence-corrected chi connectivity index (χ2v) is 39.9. The van der Waals surface area contributed by atoms with E-state index in [9.17, 15) is 44.7 Å². The van der Waals surface area contributed by atoms with Crippen molar-refractivity contribution in [2.24, 2.45) is 33.5 Å². The van der Waals surface area contributed by atoms with Crippen LogP contribution in [-0.2, 0) is 65.9 Å². The molecule has 11 rings (SSSR count). The molecule has 0 spiro atoms. The Bertz CT molecular complexity index is 3440. The number of rotatable bonds is 17. The van der Waals surface area contributed by atoms with E-state index >= 15 is 9.59 Å². The van der Waals surface area contributed by atoms with Crippen LogP contribution in [0.4, 0.5) is 0 Å². The zero-order chi connectivity index (χ0) is 74.8. The molecule has 3 aliphatic heterocycles. The number of carbonyl (C=O) groups is 6. The summed E-state index contributed by atoms with van der Waals surface area (Å²) in [6, 6.07) is 20.6. The third-order valence-electron chi connectivity index (χ3n) is 25.4. The van der Waals surface area contributed by atoms with E-state index in [2.05, 4.69) is 20.8 Å². The van der Waals surface area contributed by atoms with E-state index in [1.165, 1.54) is 26.7 Å². The van der Waals surface area contributed by atoms with E-state index in [-0.39, 0.29) is 50.0 Å². The van der Waals surface area contributed by atoms with Gasteiger partial charge in [0.05, 0.1) is 75.5 Å². The largest absolute Gasteiger partial charge is 0.455 e. The summed E-state index contributed by atoms with van der Waals surface area (Å²) in [7, 11) is -8.16. The molecule has 544 valence electrons. The van der Waals surface area contributed by atoms with Crippen LogP contribution >= 0.6 is 0 Å². The summed E-state index contributed by atoms with van der Waals surface area (Å²) >= 11 is 0. The molecule has 18 atom stereocenters. The van der Waals surface area contributed by atoms with E-state index in [1.807, 2.05) is 20.8 Å². The number of esters is 4. The Hall–Kier alpha value is -4.87. The third kappa shape index (κ3) is 12.4. The molecule has 4 bridgehead atoms. The lowest BCUT2D eigenvalue weighted by Crippen LogP contribution is -2.82. The Morgan fingerprint density at radius 2 is 0.939 bits per heavy atom. The molecule has 21 nitrogen and oxygen atoms in total. The van der Waals surface area contributed by atoms with Gasteiger partial charge in [-0.25, -0.2) is 9.59 Å². The number of hydrogen-bond donors (Lipinski definition) is 5. The molecule has 9 aliphatic rings. The average molecular weight is 1410 g/mol. The number of Topliss-reactive ketones (excluding diaryl/α,β-unsaturated/α-hetero) is 2. The van der Waals surface area contributed by atoms with Gasteiger partial charge < -0.3 is 72.3 Å². The summed E-state index contributed by atoms with van der Waals surface area (Å²) in [6.45, 7) is 30.0. The van der Waals surface area contributed by atoms with E-state index in [1.54, 1.807) is 116 Å². The minimum atomic E-state index is -2.97. The van der Waals surface area contributed by atoms with Crippen molar-refractivity contribution in [3.05, 3.63) is 94.1 Å². The van der Waals surface area contributed by atoms with Crippen LogP contribution in [0, 0.1) is 33.5 Å². The normalized spacial score (nSPS) is 38.0. The van der Waals surface area contributed by atoms with Crippen LogP contribution in [0.5, 0.6) is 0 Å². The number of ether oxygens (including phenoxy) is 8. The molecule has 0 radical (unpaired) electrons. The second kappa shape index (κ2) is 28.8. The molecule has 0 amide bonds. The number of benzene rings is 2. The fourth-order valence-corrected chi connectivity index (χ4v) is 24.1. The molecule has 98 heavy (non-hydrogen) atoms. The topological polar surface area (TPSA) is 296 Å². The maximum Gasteiger partial charge on any atom is 0.338 e. The summed E-state index contributed by atoms with van der Waals surface area (Å²) in [4.78, 5) is 85.0. The van der Waals surface area contributed by atoms with Crippen LogP contribution in [-0.4, -0.2) is 195 Å². The number of aliphatic hydroxyl groups excluding tert-OH is 3. The van der Waals surface area contributed by atoms with Crippen LogP contribution in [0.1, 0.15) is 174 Å². The van der Waals surface area contributed by atoms with Gasteiger partial charge in [-0.3, -0.25) is 19.2 Å². The van der Waals surface area contributed by atoms with Crippen molar-refractivity contribution in [3.63, 3.8) is 0 Å². The standard InChI is InChI=1S/C36H52O10Si.C35H50O10Si.C4H8O/c1-10-47(11-2,12-3)46-28-27-21(4)24(38)19-36(41,33(27,6)7)31(44-32(40)23-16-14-13-15-17-23)29-34(8,30(28)39)25(42-9)18-26-35(29,20-43-26)45-22(5)37;1-9-46(10-2,11-3)45-27-26-20(4)23(37)18-35(41,32(26,6)7)30(43-31(40)22-15-13-12-14-16-22)28-33(8,29(27)39)24(38)17-25-34(28,19-42-25)44-21(5)36;1-2-4-5-3-1/h13-17,24-26,28-29,31,38,41H,10-12,18-20H2,1-9H3;12-16,23-25,27-28,30,37-38,41H,9-11,17-19H2,1-8H3;1-4H2/t24-,25-,26+,28+,29-,31-,34+,35-,36+;23-,24-,25+,27+,28-,30-,33+,34-,35+;/m00./s1/i9D3;;. The third-order valence-corrected chi connectivity index (χ3v) is 34.6. The Balaban J connectivity index is 0.000000220. The zero-order valence-electron chi connectivity index (χ0n) is 63.3. The van der Waals surface area contributed by atoms with Gasteiger partial charge in [0.25, 0.3) is 0 Å². The summed E-state index contributed by atoms with van der Waals surface area (Å²) in [5.74, 6) is -6.58. The zero-order valence-corrected chi connectivity index (χ0v) is 62.3. The van der Waals surface area contributed by atoms with Crippen LogP contribution in [0.3, 0.4) is 0 Å². The van der Waals surface area contributed by atoms with Crippen molar-refractivity contribution in [1.82, 2.24) is 0 Å². The van der Waals surface area contributed by atoms with Crippen molar-refractivity contribution in [3.8, 4) is 0 Å². The lowest BCUT2D eigenvalue weighted by Gasteiger charge is -2.68. The monoisotopic (exact) mass is 1410 g/mol. The van der Waals surface area contributed by atoms with Crippen LogP contribution in [0.15, 0.2) is 83.0 Å². The first kappa shape index (κ1) is 72.9. The van der Waals surface area contributed by atoms with Crippen molar-refractivity contribution < 1.29 is 105 Å². The van der Waals surface area contributed by atoms with Crippen molar-refractivity contribution >= 4 is 52.1 Å². The minimum absolute atomic E-state index is 0.0154. The molecule has 5 N–H and O–H groups in total. The van der Waals surface area contributed by atoms with Gasteiger partial charge in [-0.15, -0.1) is 0 Å². The Labute approximate surface area is 584 Å². The summed E-state index contributed by atoms with van der Waals surface area (Å²) in [6.07, 6.45) is -10.8. The predicted molar refractivity (Wildman–Crippen MR) is 367 cm³/mol. The number of aliphatic hydroxyl groups is 5. The summed E-state index contributed by atoms with van der Waals surface area (Å²) < 4.78 is 86.1. The van der Waals surface area contributed by atoms with Gasteiger partial charge in [-0.1, -0.05) is 106 Å². The fraction of sp³-hybridized carbons (Fsp3) is 0.707. The van der Waals surface area contributed by atoms with E-state index in [0.29, 0.717) is 40.4 Å². The Kier molecular flexibility index (Phi) is 21.4. The van der Waals surface area contributed by atoms with Crippen molar-refractivity contribution in [1.29, 1.82) is 0 Å². The molecular weight excluding hydrogens is 1290 g/mol. The fourth-order valence-electron chi connectivity index (χ4n) is 18.6. The number of fused-ring (bicyclic) bond motifs is 10. The van der Waals surface area contributed by atoms with Gasteiger partial charge >= 0.3 is 23.9 Å². The average Bonchev–Trinajstić information content (AvgIpc) is 0.711. The highest BCUT2D eigenvalue weighted by Gasteiger charge is 2.80. The van der Waals surface area contributed by atoms with Gasteiger partial charge in [0.2, 0.25) is 0 Å². The molecule has 0 unspecified atom stereocenters. The Morgan fingerprint density at radius 1 is 0.571 bits per heavy atom. The maximum atomic E-state index is 15.8. The van der Waals surface area contributed by atoms with Crippen molar-refractivity contribution in [2.75, 3.05) is 33.5 Å². The lowest BCUT2D eigenvalue weighted by molar-refractivity contribution is -0.347. The summed E-state index contributed by atoms with van der Waals surface area (Å²) in [5, 5.41) is 61.9. The smallest absolute Gasteiger partial charge is 0.338 e. The molecule has 4 saturated carbocycles.